The molecule has 248 valence electrons. The lowest BCUT2D eigenvalue weighted by molar-refractivity contribution is -0.141. The number of hydrogen-bond acceptors (Lipinski definition) is 4. The molecule has 0 radical (unpaired) electrons. The zero-order chi connectivity index (χ0) is 30.7. The lowest BCUT2D eigenvalue weighted by Crippen LogP contribution is -2.35. The number of rotatable bonds is 28. The first-order chi connectivity index (χ1) is 20.6. The van der Waals surface area contributed by atoms with Gasteiger partial charge in [-0.15, -0.1) is 0 Å². The van der Waals surface area contributed by atoms with E-state index in [1.54, 1.807) is 0 Å². The van der Waals surface area contributed by atoms with Gasteiger partial charge in [-0.2, -0.15) is 0 Å². The van der Waals surface area contributed by atoms with Crippen molar-refractivity contribution in [2.75, 3.05) is 14.2 Å². The number of carbonyl (C=O) groups excluding carboxylic acids is 2. The van der Waals surface area contributed by atoms with Crippen molar-refractivity contribution in [2.24, 2.45) is 23.7 Å². The highest BCUT2D eigenvalue weighted by molar-refractivity contribution is 5.69. The average molecular weight is 593 g/mol. The fourth-order valence-electron chi connectivity index (χ4n) is 7.76. The Kier molecular flexibility index (Phi) is 25.5. The summed E-state index contributed by atoms with van der Waals surface area (Å²) in [6.07, 6.45) is 36.0. The Morgan fingerprint density at radius 2 is 0.762 bits per heavy atom. The fraction of sp³-hybridized carbons (Fsp3) is 0.947. The van der Waals surface area contributed by atoms with Crippen molar-refractivity contribution in [1.82, 2.24) is 0 Å². The third-order valence-electron chi connectivity index (χ3n) is 10.3. The Labute approximate surface area is 262 Å². The molecule has 0 N–H and O–H groups in total. The molecule has 42 heavy (non-hydrogen) atoms. The molecular weight excluding hydrogens is 520 g/mol. The van der Waals surface area contributed by atoms with Crippen LogP contribution in [0.2, 0.25) is 0 Å². The van der Waals surface area contributed by atoms with Crippen LogP contribution in [-0.4, -0.2) is 26.2 Å². The third kappa shape index (κ3) is 19.3. The molecule has 0 aromatic carbocycles. The number of unbranched alkanes of at least 4 members (excludes halogenated alkanes) is 16. The molecule has 4 atom stereocenters. The summed E-state index contributed by atoms with van der Waals surface area (Å²) in [6.45, 7) is 4.65. The molecule has 0 bridgehead atoms. The van der Waals surface area contributed by atoms with E-state index < -0.39 is 0 Å². The maximum atomic E-state index is 11.4. The Balaban J connectivity index is 2.70. The lowest BCUT2D eigenvalue weighted by atomic mass is 9.61. The number of hydrogen-bond donors (Lipinski definition) is 0. The highest BCUT2D eigenvalue weighted by Crippen LogP contribution is 2.47. The van der Waals surface area contributed by atoms with Crippen molar-refractivity contribution in [3.8, 4) is 0 Å². The van der Waals surface area contributed by atoms with Crippen LogP contribution >= 0.6 is 0 Å². The summed E-state index contributed by atoms with van der Waals surface area (Å²) in [4.78, 5) is 22.8. The first-order valence-corrected chi connectivity index (χ1v) is 18.7. The molecule has 0 aromatic rings. The van der Waals surface area contributed by atoms with Gasteiger partial charge in [0.25, 0.3) is 0 Å². The molecular formula is C38H72O4. The van der Waals surface area contributed by atoms with Crippen LogP contribution in [0.25, 0.3) is 0 Å². The molecule has 4 nitrogen and oxygen atoms in total. The minimum atomic E-state index is -0.0656. The van der Waals surface area contributed by atoms with Crippen LogP contribution in [0.3, 0.4) is 0 Å². The van der Waals surface area contributed by atoms with E-state index in [2.05, 4.69) is 13.8 Å². The number of methoxy groups -OCH3 is 2. The van der Waals surface area contributed by atoms with Crippen LogP contribution in [0.4, 0.5) is 0 Å². The first kappa shape index (κ1) is 39.0. The molecule has 0 heterocycles. The fourth-order valence-corrected chi connectivity index (χ4v) is 7.76. The van der Waals surface area contributed by atoms with Gasteiger partial charge < -0.3 is 9.47 Å². The summed E-state index contributed by atoms with van der Waals surface area (Å²) < 4.78 is 9.60. The highest BCUT2D eigenvalue weighted by atomic mass is 16.5. The lowest BCUT2D eigenvalue weighted by Gasteiger charge is -2.44. The third-order valence-corrected chi connectivity index (χ3v) is 10.3. The van der Waals surface area contributed by atoms with Gasteiger partial charge in [-0.25, -0.2) is 0 Å². The van der Waals surface area contributed by atoms with Crippen LogP contribution in [0.1, 0.15) is 194 Å². The van der Waals surface area contributed by atoms with Crippen molar-refractivity contribution >= 4 is 11.9 Å². The highest BCUT2D eigenvalue weighted by Gasteiger charge is 2.37. The summed E-state index contributed by atoms with van der Waals surface area (Å²) in [7, 11) is 2.98. The predicted octanol–water partition coefficient (Wildman–Crippen LogP) is 11.8. The van der Waals surface area contributed by atoms with E-state index in [0.29, 0.717) is 12.8 Å². The minimum Gasteiger partial charge on any atom is -0.469 e. The second-order valence-corrected chi connectivity index (χ2v) is 13.6. The summed E-state index contributed by atoms with van der Waals surface area (Å²) >= 11 is 0. The first-order valence-electron chi connectivity index (χ1n) is 18.7. The van der Waals surface area contributed by atoms with Crippen molar-refractivity contribution in [2.45, 2.75) is 194 Å². The normalized spacial score (nSPS) is 20.5. The molecule has 0 spiro atoms. The Morgan fingerprint density at radius 1 is 0.452 bits per heavy atom. The van der Waals surface area contributed by atoms with Crippen LogP contribution in [0.5, 0.6) is 0 Å². The zero-order valence-electron chi connectivity index (χ0n) is 28.7. The summed E-state index contributed by atoms with van der Waals surface area (Å²) in [5.74, 6) is 3.60. The van der Waals surface area contributed by atoms with E-state index in [-0.39, 0.29) is 11.9 Å². The van der Waals surface area contributed by atoms with Gasteiger partial charge in [-0.1, -0.05) is 142 Å². The molecule has 0 saturated heterocycles. The maximum absolute atomic E-state index is 11.4. The molecule has 4 unspecified atom stereocenters. The molecule has 0 aromatic heterocycles. The van der Waals surface area contributed by atoms with E-state index in [9.17, 15) is 9.59 Å². The van der Waals surface area contributed by atoms with Gasteiger partial charge >= 0.3 is 11.9 Å². The van der Waals surface area contributed by atoms with Gasteiger partial charge in [0.05, 0.1) is 14.2 Å². The zero-order valence-corrected chi connectivity index (χ0v) is 28.7. The Hall–Kier alpha value is -1.06. The van der Waals surface area contributed by atoms with Crippen molar-refractivity contribution in [3.05, 3.63) is 0 Å². The molecule has 4 heteroatoms. The van der Waals surface area contributed by atoms with Crippen molar-refractivity contribution in [1.29, 1.82) is 0 Å². The van der Waals surface area contributed by atoms with Crippen molar-refractivity contribution < 1.29 is 19.1 Å². The predicted molar refractivity (Wildman–Crippen MR) is 179 cm³/mol. The average Bonchev–Trinajstić information content (AvgIpc) is 3.00. The summed E-state index contributed by atoms with van der Waals surface area (Å²) in [6, 6.07) is 0. The molecule has 0 aliphatic heterocycles. The van der Waals surface area contributed by atoms with Gasteiger partial charge in [-0.3, -0.25) is 9.59 Å². The van der Waals surface area contributed by atoms with Gasteiger partial charge in [0.1, 0.15) is 0 Å². The van der Waals surface area contributed by atoms with Crippen LogP contribution in [-0.2, 0) is 19.1 Å². The second kappa shape index (κ2) is 27.5. The van der Waals surface area contributed by atoms with E-state index >= 15 is 0 Å². The Morgan fingerprint density at radius 3 is 1.14 bits per heavy atom. The Bertz CT molecular complexity index is 633. The van der Waals surface area contributed by atoms with Gasteiger partial charge in [0.15, 0.2) is 0 Å². The second-order valence-electron chi connectivity index (χ2n) is 13.6. The summed E-state index contributed by atoms with van der Waals surface area (Å²) in [5, 5.41) is 0. The maximum Gasteiger partial charge on any atom is 0.305 e. The molecule has 1 rings (SSSR count). The smallest absolute Gasteiger partial charge is 0.305 e. The van der Waals surface area contributed by atoms with Crippen LogP contribution in [0, 0.1) is 23.7 Å². The monoisotopic (exact) mass is 593 g/mol. The van der Waals surface area contributed by atoms with E-state index in [1.165, 1.54) is 155 Å². The van der Waals surface area contributed by atoms with Crippen molar-refractivity contribution in [3.63, 3.8) is 0 Å². The van der Waals surface area contributed by atoms with Gasteiger partial charge in [0, 0.05) is 12.8 Å². The number of ether oxygens (including phenoxy) is 2. The molecule has 0 amide bonds. The standard InChI is InChI=1S/C38H72O4/c1-5-7-9-11-15-21-27-35-33(25-19-10-8-6-2)31-32-34(26-20-14-12-17-23-29-37(39)41-3)36(35)28-22-16-13-18-24-30-38(40)42-4/h33-36H,5-32H2,1-4H3. The van der Waals surface area contributed by atoms with Gasteiger partial charge in [-0.05, 0) is 62.2 Å². The van der Waals surface area contributed by atoms with Gasteiger partial charge in [0.2, 0.25) is 0 Å². The minimum absolute atomic E-state index is 0.0639. The largest absolute Gasteiger partial charge is 0.469 e. The summed E-state index contributed by atoms with van der Waals surface area (Å²) in [5.41, 5.74) is 0. The topological polar surface area (TPSA) is 52.6 Å². The molecule has 1 aliphatic rings. The SMILES string of the molecule is CCCCCCCCC1C(CCCCCC)CCC(CCCCCCCC(=O)OC)C1CCCCCCCC(=O)OC. The van der Waals surface area contributed by atoms with E-state index in [4.69, 9.17) is 9.47 Å². The van der Waals surface area contributed by atoms with Crippen LogP contribution in [0.15, 0.2) is 0 Å². The molecule has 1 saturated carbocycles. The number of esters is 2. The molecule has 1 fully saturated rings. The molecule has 1 aliphatic carbocycles. The van der Waals surface area contributed by atoms with E-state index in [0.717, 1.165) is 49.4 Å². The quantitative estimate of drug-likeness (QED) is 0.0669. The number of carbonyl (C=O) groups is 2. The van der Waals surface area contributed by atoms with E-state index in [1.807, 2.05) is 0 Å². The van der Waals surface area contributed by atoms with Crippen LogP contribution < -0.4 is 0 Å².